The Balaban J connectivity index is 1.38. The van der Waals surface area contributed by atoms with Crippen LogP contribution in [0, 0.1) is 12.7 Å². The molecule has 0 spiro atoms. The van der Waals surface area contributed by atoms with E-state index in [2.05, 4.69) is 15.3 Å². The number of hydrogen-bond acceptors (Lipinski definition) is 6. The van der Waals surface area contributed by atoms with Crippen LogP contribution in [0.25, 0.3) is 5.69 Å². The van der Waals surface area contributed by atoms with Crippen LogP contribution in [0.3, 0.4) is 0 Å². The fraction of sp³-hybridized carbons (Fsp3) is 0.154. The van der Waals surface area contributed by atoms with Crippen molar-refractivity contribution in [2.24, 2.45) is 0 Å². The number of nitrogens with two attached hydrogens (primary N) is 1. The number of pyridine rings is 1. The number of aromatic nitrogens is 3. The highest BCUT2D eigenvalue weighted by molar-refractivity contribution is 6.31. The quantitative estimate of drug-likeness (QED) is 0.433. The summed E-state index contributed by atoms with van der Waals surface area (Å²) >= 11 is 5.77. The van der Waals surface area contributed by atoms with E-state index in [4.69, 9.17) is 17.3 Å². The zero-order chi connectivity index (χ0) is 25.4. The molecule has 3 heterocycles. The summed E-state index contributed by atoms with van der Waals surface area (Å²) in [4.78, 5) is 36.4. The minimum atomic E-state index is -0.590. The van der Waals surface area contributed by atoms with E-state index >= 15 is 0 Å². The van der Waals surface area contributed by atoms with E-state index < -0.39 is 11.7 Å². The Bertz CT molecular complexity index is 1540. The Labute approximate surface area is 211 Å². The molecule has 4 aromatic rings. The molecule has 2 aromatic heterocycles. The lowest BCUT2D eigenvalue weighted by molar-refractivity contribution is 0.102. The molecule has 2 aromatic carbocycles. The van der Waals surface area contributed by atoms with Crippen molar-refractivity contribution in [2.45, 2.75) is 19.9 Å². The summed E-state index contributed by atoms with van der Waals surface area (Å²) in [5, 5.41) is 2.62. The average molecular weight is 505 g/mol. The van der Waals surface area contributed by atoms with Gasteiger partial charge in [0.05, 0.1) is 10.7 Å². The lowest BCUT2D eigenvalue weighted by Crippen LogP contribution is -2.37. The molecule has 0 bridgehead atoms. The number of nitrogens with one attached hydrogen (secondary N) is 1. The van der Waals surface area contributed by atoms with Crippen LogP contribution in [0.2, 0.25) is 5.02 Å². The smallest absolute Gasteiger partial charge is 0.278 e. The number of fused-ring (bicyclic) bond motifs is 1. The molecule has 8 nitrogen and oxygen atoms in total. The van der Waals surface area contributed by atoms with Crippen molar-refractivity contribution in [3.8, 4) is 5.69 Å². The maximum atomic E-state index is 13.5. The van der Waals surface area contributed by atoms with E-state index in [9.17, 15) is 14.0 Å². The van der Waals surface area contributed by atoms with Gasteiger partial charge in [0.1, 0.15) is 11.5 Å². The third-order valence-electron chi connectivity index (χ3n) is 6.12. The maximum Gasteiger partial charge on any atom is 0.278 e. The first kappa shape index (κ1) is 23.5. The van der Waals surface area contributed by atoms with Crippen LogP contribution in [0.15, 0.2) is 65.7 Å². The molecule has 0 saturated carbocycles. The summed E-state index contributed by atoms with van der Waals surface area (Å²) in [5.74, 6) is -0.760. The molecule has 5 rings (SSSR count). The van der Waals surface area contributed by atoms with Crippen molar-refractivity contribution >= 4 is 34.8 Å². The molecule has 1 aliphatic rings. The van der Waals surface area contributed by atoms with Gasteiger partial charge in [-0.05, 0) is 61.0 Å². The van der Waals surface area contributed by atoms with Crippen molar-refractivity contribution < 1.29 is 9.18 Å². The van der Waals surface area contributed by atoms with E-state index in [0.29, 0.717) is 36.6 Å². The Morgan fingerprint density at radius 1 is 1.17 bits per heavy atom. The number of halogens is 2. The molecule has 10 heteroatoms. The Hall–Kier alpha value is -4.24. The first-order valence-electron chi connectivity index (χ1n) is 11.2. The fourth-order valence-corrected chi connectivity index (χ4v) is 4.45. The van der Waals surface area contributed by atoms with Crippen molar-refractivity contribution in [1.82, 2.24) is 14.5 Å². The number of anilines is 3. The van der Waals surface area contributed by atoms with Gasteiger partial charge >= 0.3 is 0 Å². The first-order chi connectivity index (χ1) is 17.3. The molecule has 36 heavy (non-hydrogen) atoms. The number of hydrogen-bond donors (Lipinski definition) is 2. The summed E-state index contributed by atoms with van der Waals surface area (Å²) < 4.78 is 14.9. The Kier molecular flexibility index (Phi) is 6.15. The molecule has 0 unspecified atom stereocenters. The molecular weight excluding hydrogens is 483 g/mol. The van der Waals surface area contributed by atoms with E-state index in [1.54, 1.807) is 41.2 Å². The Morgan fingerprint density at radius 2 is 1.94 bits per heavy atom. The van der Waals surface area contributed by atoms with Crippen LogP contribution < -0.4 is 21.5 Å². The van der Waals surface area contributed by atoms with Crippen LogP contribution in [-0.4, -0.2) is 27.0 Å². The lowest BCUT2D eigenvalue weighted by Gasteiger charge is -2.30. The second-order valence-corrected chi connectivity index (χ2v) is 8.93. The topological polar surface area (TPSA) is 106 Å². The van der Waals surface area contributed by atoms with E-state index in [1.807, 2.05) is 17.9 Å². The number of carbonyl (C=O) groups is 1. The number of nitrogen functional groups attached to an aromatic ring is 1. The third kappa shape index (κ3) is 4.52. The molecule has 0 fully saturated rings. The lowest BCUT2D eigenvalue weighted by atomic mass is 10.1. The van der Waals surface area contributed by atoms with Gasteiger partial charge in [-0.25, -0.2) is 14.4 Å². The van der Waals surface area contributed by atoms with Gasteiger partial charge in [-0.15, -0.1) is 0 Å². The monoisotopic (exact) mass is 504 g/mol. The van der Waals surface area contributed by atoms with E-state index in [0.717, 1.165) is 22.9 Å². The molecule has 3 N–H and O–H groups in total. The SMILES string of the molecule is Cc1ccn(-c2ccc(NC(=O)c3ccc(F)c(Cl)c3)cc2)c(=O)c1N1CCc2nc(N)ncc2C1. The summed E-state index contributed by atoms with van der Waals surface area (Å²) in [6.07, 6.45) is 4.12. The predicted octanol–water partition coefficient (Wildman–Crippen LogP) is 4.13. The minimum Gasteiger partial charge on any atom is -0.368 e. The standard InChI is InChI=1S/C26H22ClFN6O2/c1-15-8-11-34(25(36)23(15)33-10-9-22-17(14-33)13-30-26(29)32-22)19-5-3-18(4-6-19)31-24(35)16-2-7-21(28)20(27)12-16/h2-8,11-13H,9-10,14H2,1H3,(H,31,35)(H2,29,30,32). The van der Waals surface area contributed by atoms with Gasteiger partial charge in [-0.2, -0.15) is 0 Å². The van der Waals surface area contributed by atoms with Crippen LogP contribution in [-0.2, 0) is 13.0 Å². The van der Waals surface area contributed by atoms with E-state index in [-0.39, 0.29) is 22.1 Å². The molecular formula is C26H22ClFN6O2. The molecule has 0 atom stereocenters. The average Bonchev–Trinajstić information content (AvgIpc) is 2.86. The number of nitrogens with zero attached hydrogens (tertiary/aromatic N) is 4. The highest BCUT2D eigenvalue weighted by atomic mass is 35.5. The molecule has 182 valence electrons. The second kappa shape index (κ2) is 9.43. The van der Waals surface area contributed by atoms with Gasteiger partial charge in [-0.3, -0.25) is 14.2 Å². The molecule has 1 amide bonds. The van der Waals surface area contributed by atoms with Gasteiger partial charge in [0.2, 0.25) is 5.95 Å². The van der Waals surface area contributed by atoms with Crippen LogP contribution >= 0.6 is 11.6 Å². The van der Waals surface area contributed by atoms with Gasteiger partial charge in [0.25, 0.3) is 11.5 Å². The summed E-state index contributed by atoms with van der Waals surface area (Å²) in [6.45, 7) is 3.08. The van der Waals surface area contributed by atoms with Crippen molar-refractivity contribution in [3.05, 3.63) is 105 Å². The summed E-state index contributed by atoms with van der Waals surface area (Å²) in [5.41, 5.74) is 10.3. The van der Waals surface area contributed by atoms with Gasteiger partial charge in [0.15, 0.2) is 0 Å². The molecule has 1 aliphatic heterocycles. The summed E-state index contributed by atoms with van der Waals surface area (Å²) in [6, 6.07) is 12.6. The van der Waals surface area contributed by atoms with Gasteiger partial charge in [0, 0.05) is 54.4 Å². The molecule has 0 saturated heterocycles. The second-order valence-electron chi connectivity index (χ2n) is 8.52. The maximum absolute atomic E-state index is 13.5. The zero-order valence-electron chi connectivity index (χ0n) is 19.3. The van der Waals surface area contributed by atoms with Crippen molar-refractivity contribution in [3.63, 3.8) is 0 Å². The summed E-state index contributed by atoms with van der Waals surface area (Å²) in [7, 11) is 0. The minimum absolute atomic E-state index is 0.124. The zero-order valence-corrected chi connectivity index (χ0v) is 20.1. The van der Waals surface area contributed by atoms with Crippen LogP contribution in [0.4, 0.5) is 21.7 Å². The largest absolute Gasteiger partial charge is 0.368 e. The molecule has 0 aliphatic carbocycles. The number of amides is 1. The third-order valence-corrected chi connectivity index (χ3v) is 6.41. The number of carbonyl (C=O) groups excluding carboxylic acids is 1. The van der Waals surface area contributed by atoms with Crippen LogP contribution in [0.1, 0.15) is 27.2 Å². The van der Waals surface area contributed by atoms with Gasteiger partial charge < -0.3 is 16.0 Å². The predicted molar refractivity (Wildman–Crippen MR) is 137 cm³/mol. The van der Waals surface area contributed by atoms with E-state index in [1.165, 1.54) is 12.1 Å². The molecule has 0 radical (unpaired) electrons. The highest BCUT2D eigenvalue weighted by Gasteiger charge is 2.23. The van der Waals surface area contributed by atoms with Gasteiger partial charge in [-0.1, -0.05) is 11.6 Å². The normalized spacial score (nSPS) is 12.8. The first-order valence-corrected chi connectivity index (χ1v) is 11.6. The van der Waals surface area contributed by atoms with Crippen LogP contribution in [0.5, 0.6) is 0 Å². The van der Waals surface area contributed by atoms with Crippen molar-refractivity contribution in [1.29, 1.82) is 0 Å². The Morgan fingerprint density at radius 3 is 2.69 bits per heavy atom. The number of benzene rings is 2. The van der Waals surface area contributed by atoms with Crippen molar-refractivity contribution in [2.75, 3.05) is 22.5 Å². The number of rotatable bonds is 4. The number of aryl methyl sites for hydroxylation is 1. The fourth-order valence-electron chi connectivity index (χ4n) is 4.27. The highest BCUT2D eigenvalue weighted by Crippen LogP contribution is 2.25.